The van der Waals surface area contributed by atoms with Gasteiger partial charge < -0.3 is 9.47 Å². The van der Waals surface area contributed by atoms with Gasteiger partial charge in [-0.2, -0.15) is 0 Å². The molecule has 2 fully saturated rings. The highest BCUT2D eigenvalue weighted by atomic mass is 16.5. The first-order chi connectivity index (χ1) is 10.2. The molecule has 2 heterocycles. The number of para-hydroxylation sites is 1. The van der Waals surface area contributed by atoms with Gasteiger partial charge >= 0.3 is 0 Å². The van der Waals surface area contributed by atoms with Crippen LogP contribution in [0.5, 0.6) is 11.5 Å². The minimum Gasteiger partial charge on any atom is -0.493 e. The lowest BCUT2D eigenvalue weighted by molar-refractivity contribution is 0.0534. The van der Waals surface area contributed by atoms with Crippen molar-refractivity contribution in [2.24, 2.45) is 0 Å². The molecule has 1 aromatic rings. The molecule has 0 spiro atoms. The fourth-order valence-electron chi connectivity index (χ4n) is 3.77. The average molecular weight is 290 g/mol. The van der Waals surface area contributed by atoms with Crippen molar-refractivity contribution in [3.8, 4) is 11.5 Å². The van der Waals surface area contributed by atoms with Crippen molar-refractivity contribution in [1.29, 1.82) is 0 Å². The van der Waals surface area contributed by atoms with Crippen molar-refractivity contribution >= 4 is 0 Å². The number of nitrogens with zero attached hydrogens (tertiary/aromatic N) is 2. The lowest BCUT2D eigenvalue weighted by atomic mass is 10.1. The van der Waals surface area contributed by atoms with Crippen molar-refractivity contribution in [2.75, 3.05) is 33.9 Å². The summed E-state index contributed by atoms with van der Waals surface area (Å²) < 4.78 is 11.0. The zero-order valence-corrected chi connectivity index (χ0v) is 13.3. The summed E-state index contributed by atoms with van der Waals surface area (Å²) in [4.78, 5) is 5.24. The highest BCUT2D eigenvalue weighted by Crippen LogP contribution is 2.33. The predicted octanol–water partition coefficient (Wildman–Crippen LogP) is 2.37. The number of rotatable bonds is 4. The molecular formula is C17H26N2O2. The quantitative estimate of drug-likeness (QED) is 0.850. The van der Waals surface area contributed by atoms with Crippen LogP contribution in [0.2, 0.25) is 0 Å². The van der Waals surface area contributed by atoms with Crippen LogP contribution in [0.3, 0.4) is 0 Å². The first-order valence-corrected chi connectivity index (χ1v) is 7.91. The first-order valence-electron chi connectivity index (χ1n) is 7.91. The molecule has 2 aliphatic heterocycles. The van der Waals surface area contributed by atoms with E-state index >= 15 is 0 Å². The van der Waals surface area contributed by atoms with Crippen LogP contribution in [0.15, 0.2) is 18.2 Å². The Bertz CT molecular complexity index is 492. The molecule has 0 amide bonds. The van der Waals surface area contributed by atoms with Crippen molar-refractivity contribution in [2.45, 2.75) is 38.4 Å². The van der Waals surface area contributed by atoms with E-state index in [4.69, 9.17) is 9.47 Å². The average Bonchev–Trinajstić information content (AvgIpc) is 2.94. The molecule has 0 radical (unpaired) electrons. The molecule has 0 N–H and O–H groups in total. The molecule has 2 saturated heterocycles. The van der Waals surface area contributed by atoms with Gasteiger partial charge in [0, 0.05) is 37.3 Å². The van der Waals surface area contributed by atoms with E-state index in [1.54, 1.807) is 14.2 Å². The number of methoxy groups -OCH3 is 2. The van der Waals surface area contributed by atoms with Gasteiger partial charge in [-0.3, -0.25) is 9.80 Å². The third kappa shape index (κ3) is 2.87. The summed E-state index contributed by atoms with van der Waals surface area (Å²) in [6, 6.07) is 7.50. The van der Waals surface area contributed by atoms with Gasteiger partial charge in [0.2, 0.25) is 0 Å². The Morgan fingerprint density at radius 1 is 1.19 bits per heavy atom. The number of fused-ring (bicyclic) bond motifs is 1. The lowest BCUT2D eigenvalue weighted by Gasteiger charge is -2.42. The second-order valence-corrected chi connectivity index (χ2v) is 6.22. The molecule has 21 heavy (non-hydrogen) atoms. The van der Waals surface area contributed by atoms with E-state index in [1.165, 1.54) is 38.0 Å². The summed E-state index contributed by atoms with van der Waals surface area (Å²) in [6.45, 7) is 6.91. The number of piperazine rings is 1. The van der Waals surface area contributed by atoms with Crippen LogP contribution in [-0.2, 0) is 6.54 Å². The van der Waals surface area contributed by atoms with Crippen LogP contribution < -0.4 is 9.47 Å². The molecule has 2 aliphatic rings. The van der Waals surface area contributed by atoms with Gasteiger partial charge in [0.15, 0.2) is 11.5 Å². The minimum atomic E-state index is 0.593. The van der Waals surface area contributed by atoms with Gasteiger partial charge in [-0.05, 0) is 32.4 Å². The highest BCUT2D eigenvalue weighted by Gasteiger charge is 2.34. The van der Waals surface area contributed by atoms with Crippen LogP contribution in [0.4, 0.5) is 0 Å². The van der Waals surface area contributed by atoms with E-state index in [1.807, 2.05) is 12.1 Å². The van der Waals surface area contributed by atoms with Gasteiger partial charge in [-0.1, -0.05) is 12.1 Å². The fourth-order valence-corrected chi connectivity index (χ4v) is 3.77. The summed E-state index contributed by atoms with van der Waals surface area (Å²) in [5.41, 5.74) is 1.22. The molecule has 1 aromatic carbocycles. The van der Waals surface area contributed by atoms with Gasteiger partial charge in [0.05, 0.1) is 14.2 Å². The molecule has 0 saturated carbocycles. The van der Waals surface area contributed by atoms with Crippen molar-refractivity contribution in [1.82, 2.24) is 9.80 Å². The van der Waals surface area contributed by atoms with E-state index in [0.29, 0.717) is 6.04 Å². The number of hydrogen-bond donors (Lipinski definition) is 0. The standard InChI is InChI=1S/C17H26N2O2/c1-13-10-18-9-5-7-15(18)12-19(13)11-14-6-4-8-16(20-2)17(14)21-3/h4,6,8,13,15H,5,7,9-12H2,1-3H3/t13-,15+/m0/s1. The summed E-state index contributed by atoms with van der Waals surface area (Å²) >= 11 is 0. The van der Waals surface area contributed by atoms with E-state index < -0.39 is 0 Å². The van der Waals surface area contributed by atoms with Crippen LogP contribution >= 0.6 is 0 Å². The predicted molar refractivity (Wildman–Crippen MR) is 84.0 cm³/mol. The Balaban J connectivity index is 1.76. The van der Waals surface area contributed by atoms with Gasteiger partial charge in [-0.15, -0.1) is 0 Å². The minimum absolute atomic E-state index is 0.593. The number of hydrogen-bond acceptors (Lipinski definition) is 4. The maximum Gasteiger partial charge on any atom is 0.165 e. The Hall–Kier alpha value is -1.26. The largest absolute Gasteiger partial charge is 0.493 e. The third-order valence-electron chi connectivity index (χ3n) is 4.92. The molecule has 2 atom stereocenters. The topological polar surface area (TPSA) is 24.9 Å². The first kappa shape index (κ1) is 14.7. The summed E-state index contributed by atoms with van der Waals surface area (Å²) in [5, 5.41) is 0. The summed E-state index contributed by atoms with van der Waals surface area (Å²) in [6.07, 6.45) is 2.70. The normalized spacial score (nSPS) is 26.6. The highest BCUT2D eigenvalue weighted by molar-refractivity contribution is 5.46. The third-order valence-corrected chi connectivity index (χ3v) is 4.92. The molecule has 4 heteroatoms. The maximum atomic E-state index is 5.57. The molecule has 0 bridgehead atoms. The zero-order valence-electron chi connectivity index (χ0n) is 13.3. The van der Waals surface area contributed by atoms with Crippen LogP contribution in [0, 0.1) is 0 Å². The molecule has 116 valence electrons. The molecule has 3 rings (SSSR count). The van der Waals surface area contributed by atoms with E-state index in [9.17, 15) is 0 Å². The number of benzene rings is 1. The zero-order chi connectivity index (χ0) is 14.8. The van der Waals surface area contributed by atoms with E-state index in [-0.39, 0.29) is 0 Å². The molecular weight excluding hydrogens is 264 g/mol. The van der Waals surface area contributed by atoms with Gasteiger partial charge in [-0.25, -0.2) is 0 Å². The Labute approximate surface area is 127 Å². The van der Waals surface area contributed by atoms with Gasteiger partial charge in [0.1, 0.15) is 0 Å². The van der Waals surface area contributed by atoms with E-state index in [2.05, 4.69) is 22.8 Å². The SMILES string of the molecule is COc1cccc(CN2C[C@H]3CCCN3C[C@@H]2C)c1OC. The second-order valence-electron chi connectivity index (χ2n) is 6.22. The molecule has 0 aromatic heterocycles. The Kier molecular flexibility index (Phi) is 4.36. The monoisotopic (exact) mass is 290 g/mol. The molecule has 0 aliphatic carbocycles. The molecule has 0 unspecified atom stereocenters. The second kappa shape index (κ2) is 6.24. The van der Waals surface area contributed by atoms with Crippen molar-refractivity contribution in [3.05, 3.63) is 23.8 Å². The molecule has 4 nitrogen and oxygen atoms in total. The van der Waals surface area contributed by atoms with E-state index in [0.717, 1.165) is 24.1 Å². The maximum absolute atomic E-state index is 5.57. The summed E-state index contributed by atoms with van der Waals surface area (Å²) in [7, 11) is 3.42. The van der Waals surface area contributed by atoms with Crippen molar-refractivity contribution < 1.29 is 9.47 Å². The van der Waals surface area contributed by atoms with Crippen molar-refractivity contribution in [3.63, 3.8) is 0 Å². The summed E-state index contributed by atoms with van der Waals surface area (Å²) in [5.74, 6) is 1.70. The number of ether oxygens (including phenoxy) is 2. The van der Waals surface area contributed by atoms with Crippen LogP contribution in [-0.4, -0.2) is 55.7 Å². The van der Waals surface area contributed by atoms with Crippen LogP contribution in [0.1, 0.15) is 25.3 Å². The Morgan fingerprint density at radius 3 is 2.81 bits per heavy atom. The van der Waals surface area contributed by atoms with Crippen LogP contribution in [0.25, 0.3) is 0 Å². The Morgan fingerprint density at radius 2 is 2.05 bits per heavy atom. The smallest absolute Gasteiger partial charge is 0.165 e. The lowest BCUT2D eigenvalue weighted by Crippen LogP contribution is -2.54. The fraction of sp³-hybridized carbons (Fsp3) is 0.647. The van der Waals surface area contributed by atoms with Gasteiger partial charge in [0.25, 0.3) is 0 Å².